The van der Waals surface area contributed by atoms with Gasteiger partial charge in [-0.3, -0.25) is 14.5 Å². The van der Waals surface area contributed by atoms with Gasteiger partial charge in [0.25, 0.3) is 0 Å². The number of carbonyl (C=O) groups excluding carboxylic acids is 2. The van der Waals surface area contributed by atoms with Gasteiger partial charge in [0.05, 0.1) is 12.2 Å². The fourth-order valence-corrected chi connectivity index (χ4v) is 3.79. The molecule has 1 fully saturated rings. The molecule has 0 atom stereocenters. The summed E-state index contributed by atoms with van der Waals surface area (Å²) in [5.41, 5.74) is 1.45. The first kappa shape index (κ1) is 21.6. The molecule has 1 aliphatic heterocycles. The number of nitrogens with zero attached hydrogens (tertiary/aromatic N) is 1. The second-order valence-electron chi connectivity index (χ2n) is 7.87. The first-order chi connectivity index (χ1) is 15.7. The first-order valence-corrected chi connectivity index (χ1v) is 10.9. The van der Waals surface area contributed by atoms with Crippen molar-refractivity contribution in [3.63, 3.8) is 0 Å². The monoisotopic (exact) mass is 429 g/mol. The van der Waals surface area contributed by atoms with E-state index in [9.17, 15) is 9.59 Å². The summed E-state index contributed by atoms with van der Waals surface area (Å²) >= 11 is 0. The summed E-state index contributed by atoms with van der Waals surface area (Å²) < 4.78 is 5.92. The number of para-hydroxylation sites is 4. The lowest BCUT2D eigenvalue weighted by molar-refractivity contribution is -0.121. The fraction of sp³-hybridized carbons (Fsp3) is 0.231. The van der Waals surface area contributed by atoms with Gasteiger partial charge in [0.2, 0.25) is 11.8 Å². The van der Waals surface area contributed by atoms with E-state index in [2.05, 4.69) is 15.5 Å². The molecule has 2 N–H and O–H groups in total. The minimum absolute atomic E-state index is 0.0329. The molecule has 1 aliphatic rings. The van der Waals surface area contributed by atoms with Crippen LogP contribution >= 0.6 is 0 Å². The van der Waals surface area contributed by atoms with Gasteiger partial charge in [-0.1, -0.05) is 48.5 Å². The lowest BCUT2D eigenvalue weighted by Gasteiger charge is -2.30. The van der Waals surface area contributed by atoms with Gasteiger partial charge in [0, 0.05) is 11.6 Å². The van der Waals surface area contributed by atoms with Gasteiger partial charge >= 0.3 is 0 Å². The highest BCUT2D eigenvalue weighted by molar-refractivity contribution is 5.94. The number of hydrogen-bond acceptors (Lipinski definition) is 4. The molecule has 1 heterocycles. The maximum absolute atomic E-state index is 12.7. The van der Waals surface area contributed by atoms with E-state index in [4.69, 9.17) is 4.74 Å². The van der Waals surface area contributed by atoms with Crippen molar-refractivity contribution in [2.24, 2.45) is 5.92 Å². The van der Waals surface area contributed by atoms with Crippen LogP contribution in [0.15, 0.2) is 84.9 Å². The molecule has 4 rings (SSSR count). The third-order valence-electron chi connectivity index (χ3n) is 5.50. The third kappa shape index (κ3) is 5.95. The van der Waals surface area contributed by atoms with Crippen LogP contribution in [-0.4, -0.2) is 36.3 Å². The van der Waals surface area contributed by atoms with E-state index < -0.39 is 0 Å². The Labute approximate surface area is 188 Å². The Morgan fingerprint density at radius 3 is 2.16 bits per heavy atom. The topological polar surface area (TPSA) is 70.7 Å². The van der Waals surface area contributed by atoms with Crippen LogP contribution in [0, 0.1) is 5.92 Å². The lowest BCUT2D eigenvalue weighted by atomic mass is 9.96. The molecule has 32 heavy (non-hydrogen) atoms. The van der Waals surface area contributed by atoms with Gasteiger partial charge in [-0.15, -0.1) is 0 Å². The maximum Gasteiger partial charge on any atom is 0.238 e. The Hall–Kier alpha value is -3.64. The number of amides is 2. The zero-order valence-corrected chi connectivity index (χ0v) is 17.9. The normalized spacial score (nSPS) is 14.5. The standard InChI is InChI=1S/C26H27N3O3/c30-25(28-23-13-7-8-14-24(23)32-22-11-5-2-6-12-22)19-29-17-15-20(16-18-29)26(31)27-21-9-3-1-4-10-21/h1-14,20H,15-19H2,(H,27,31)(H,28,30). The van der Waals surface area contributed by atoms with Gasteiger partial charge in [-0.05, 0) is 62.3 Å². The molecule has 3 aromatic carbocycles. The summed E-state index contributed by atoms with van der Waals surface area (Å²) in [4.78, 5) is 27.2. The Bertz CT molecular complexity index is 1030. The van der Waals surface area contributed by atoms with E-state index in [0.29, 0.717) is 30.3 Å². The molecule has 6 nitrogen and oxygen atoms in total. The third-order valence-corrected chi connectivity index (χ3v) is 5.50. The summed E-state index contributed by atoms with van der Waals surface area (Å²) in [6.07, 6.45) is 1.47. The predicted octanol–water partition coefficient (Wildman–Crippen LogP) is 4.77. The zero-order chi connectivity index (χ0) is 22.2. The Morgan fingerprint density at radius 2 is 1.44 bits per heavy atom. The van der Waals surface area contributed by atoms with Crippen molar-refractivity contribution in [3.8, 4) is 11.5 Å². The number of anilines is 2. The Kier molecular flexibility index (Phi) is 7.15. The highest BCUT2D eigenvalue weighted by Gasteiger charge is 2.26. The van der Waals surface area contributed by atoms with Gasteiger partial charge < -0.3 is 15.4 Å². The van der Waals surface area contributed by atoms with Crippen molar-refractivity contribution in [1.29, 1.82) is 0 Å². The van der Waals surface area contributed by atoms with E-state index in [0.717, 1.165) is 18.5 Å². The van der Waals surface area contributed by atoms with E-state index in [1.807, 2.05) is 84.9 Å². The second kappa shape index (κ2) is 10.6. The molecule has 2 amide bonds. The molecular formula is C26H27N3O3. The lowest BCUT2D eigenvalue weighted by Crippen LogP contribution is -2.41. The summed E-state index contributed by atoms with van der Waals surface area (Å²) in [5, 5.41) is 5.94. The van der Waals surface area contributed by atoms with Crippen LogP contribution in [0.1, 0.15) is 12.8 Å². The summed E-state index contributed by atoms with van der Waals surface area (Å²) in [6.45, 7) is 1.71. The minimum atomic E-state index is -0.0960. The average Bonchev–Trinajstić information content (AvgIpc) is 2.82. The second-order valence-corrected chi connectivity index (χ2v) is 7.87. The number of likely N-dealkylation sites (tertiary alicyclic amines) is 1. The number of rotatable bonds is 7. The van der Waals surface area contributed by atoms with Gasteiger partial charge in [-0.25, -0.2) is 0 Å². The Balaban J connectivity index is 1.26. The number of hydrogen-bond donors (Lipinski definition) is 2. The number of benzene rings is 3. The van der Waals surface area contributed by atoms with Gasteiger partial charge in [0.1, 0.15) is 5.75 Å². The first-order valence-electron chi connectivity index (χ1n) is 10.9. The van der Waals surface area contributed by atoms with E-state index >= 15 is 0 Å². The van der Waals surface area contributed by atoms with E-state index in [1.54, 1.807) is 0 Å². The number of carbonyl (C=O) groups is 2. The van der Waals surface area contributed by atoms with Crippen LogP contribution in [0.2, 0.25) is 0 Å². The molecule has 0 unspecified atom stereocenters. The molecule has 0 bridgehead atoms. The molecule has 0 spiro atoms. The molecule has 3 aromatic rings. The SMILES string of the molecule is O=C(CN1CCC(C(=O)Nc2ccccc2)CC1)Nc1ccccc1Oc1ccccc1. The molecule has 164 valence electrons. The fourth-order valence-electron chi connectivity index (χ4n) is 3.79. The molecular weight excluding hydrogens is 402 g/mol. The van der Waals surface area contributed by atoms with Gasteiger partial charge in [-0.2, -0.15) is 0 Å². The highest BCUT2D eigenvalue weighted by Crippen LogP contribution is 2.29. The van der Waals surface area contributed by atoms with Crippen molar-refractivity contribution in [2.75, 3.05) is 30.3 Å². The van der Waals surface area contributed by atoms with Gasteiger partial charge in [0.15, 0.2) is 5.75 Å². The quantitative estimate of drug-likeness (QED) is 0.568. The smallest absolute Gasteiger partial charge is 0.238 e. The van der Waals surface area contributed by atoms with E-state index in [-0.39, 0.29) is 24.3 Å². The minimum Gasteiger partial charge on any atom is -0.455 e. The predicted molar refractivity (Wildman–Crippen MR) is 126 cm³/mol. The molecule has 0 saturated carbocycles. The van der Waals surface area contributed by atoms with Crippen LogP contribution in [-0.2, 0) is 9.59 Å². The van der Waals surface area contributed by atoms with Crippen LogP contribution in [0.25, 0.3) is 0 Å². The number of piperidine rings is 1. The molecule has 0 radical (unpaired) electrons. The average molecular weight is 430 g/mol. The molecule has 1 saturated heterocycles. The number of ether oxygens (including phenoxy) is 1. The molecule has 0 aliphatic carbocycles. The summed E-state index contributed by atoms with van der Waals surface area (Å²) in [5.74, 6) is 1.23. The van der Waals surface area contributed by atoms with Crippen LogP contribution in [0.4, 0.5) is 11.4 Å². The van der Waals surface area contributed by atoms with E-state index in [1.165, 1.54) is 0 Å². The zero-order valence-electron chi connectivity index (χ0n) is 17.9. The van der Waals surface area contributed by atoms with Crippen molar-refractivity contribution in [1.82, 2.24) is 4.90 Å². The van der Waals surface area contributed by atoms with Crippen LogP contribution < -0.4 is 15.4 Å². The van der Waals surface area contributed by atoms with Crippen LogP contribution in [0.3, 0.4) is 0 Å². The van der Waals surface area contributed by atoms with Crippen molar-refractivity contribution in [2.45, 2.75) is 12.8 Å². The summed E-state index contributed by atoms with van der Waals surface area (Å²) in [6, 6.07) is 26.4. The van der Waals surface area contributed by atoms with Crippen LogP contribution in [0.5, 0.6) is 11.5 Å². The Morgan fingerprint density at radius 1 is 0.812 bits per heavy atom. The van der Waals surface area contributed by atoms with Crippen molar-refractivity contribution < 1.29 is 14.3 Å². The molecule has 0 aromatic heterocycles. The highest BCUT2D eigenvalue weighted by atomic mass is 16.5. The van der Waals surface area contributed by atoms with Crippen molar-refractivity contribution in [3.05, 3.63) is 84.9 Å². The largest absolute Gasteiger partial charge is 0.455 e. The van der Waals surface area contributed by atoms with Crippen molar-refractivity contribution >= 4 is 23.2 Å². The number of nitrogens with one attached hydrogen (secondary N) is 2. The summed E-state index contributed by atoms with van der Waals surface area (Å²) in [7, 11) is 0. The molecule has 6 heteroatoms. The maximum atomic E-state index is 12.7.